The summed E-state index contributed by atoms with van der Waals surface area (Å²) in [7, 11) is 1.41. The maximum atomic E-state index is 11.3. The van der Waals surface area contributed by atoms with Gasteiger partial charge in [0, 0.05) is 17.6 Å². The van der Waals surface area contributed by atoms with Crippen molar-refractivity contribution in [2.24, 2.45) is 0 Å². The average Bonchev–Trinajstić information content (AvgIpc) is 2.83. The number of hydrogen-bond acceptors (Lipinski definition) is 5. The molecule has 2 heterocycles. The zero-order chi connectivity index (χ0) is 14.7. The third kappa shape index (κ3) is 3.30. The highest BCUT2D eigenvalue weighted by Crippen LogP contribution is 2.28. The van der Waals surface area contributed by atoms with Crippen LogP contribution >= 0.6 is 11.8 Å². The number of hydrogen-bond donors (Lipinski definition) is 0. The van der Waals surface area contributed by atoms with E-state index in [1.807, 2.05) is 17.6 Å². The van der Waals surface area contributed by atoms with E-state index >= 15 is 0 Å². The Bertz CT molecular complexity index is 609. The number of aromatic nitrogens is 3. The summed E-state index contributed by atoms with van der Waals surface area (Å²) in [6.07, 6.45) is 3.95. The molecule has 20 heavy (non-hydrogen) atoms. The summed E-state index contributed by atoms with van der Waals surface area (Å²) in [6.45, 7) is 6.22. The molecule has 1 atom stereocenters. The first kappa shape index (κ1) is 14.8. The molecule has 0 radical (unpaired) electrons. The summed E-state index contributed by atoms with van der Waals surface area (Å²) in [5.41, 5.74) is 2.03. The van der Waals surface area contributed by atoms with Crippen LogP contribution in [0.2, 0.25) is 0 Å². The van der Waals surface area contributed by atoms with Crippen molar-refractivity contribution in [2.75, 3.05) is 7.11 Å². The topological polar surface area (TPSA) is 56.5 Å². The first-order chi connectivity index (χ1) is 9.51. The Hall–Kier alpha value is -1.56. The Balaban J connectivity index is 2.23. The van der Waals surface area contributed by atoms with Crippen LogP contribution < -0.4 is 0 Å². The molecule has 0 fully saturated rings. The number of esters is 1. The quantitative estimate of drug-likeness (QED) is 0.626. The number of thioether (sulfide) groups is 1. The van der Waals surface area contributed by atoms with Crippen LogP contribution in [0.5, 0.6) is 0 Å². The van der Waals surface area contributed by atoms with E-state index in [9.17, 15) is 4.79 Å². The summed E-state index contributed by atoms with van der Waals surface area (Å²) in [6, 6.07) is 2.06. The monoisotopic (exact) mass is 293 g/mol. The number of carbonyl (C=O) groups excluding carboxylic acids is 1. The predicted molar refractivity (Wildman–Crippen MR) is 79.0 cm³/mol. The van der Waals surface area contributed by atoms with Crippen LogP contribution in [-0.2, 0) is 9.53 Å². The number of ether oxygens (including phenoxy) is 1. The summed E-state index contributed by atoms with van der Waals surface area (Å²) in [5.74, 6) is 0.175. The number of carbonyl (C=O) groups is 1. The maximum Gasteiger partial charge on any atom is 0.306 e. The Labute approximate surface area is 122 Å². The molecular formula is C14H19N3O2S. The molecule has 0 aliphatic heterocycles. The second kappa shape index (κ2) is 6.26. The second-order valence-electron chi connectivity index (χ2n) is 4.99. The van der Waals surface area contributed by atoms with Crippen LogP contribution in [0.4, 0.5) is 0 Å². The summed E-state index contributed by atoms with van der Waals surface area (Å²) < 4.78 is 6.53. The lowest BCUT2D eigenvalue weighted by Gasteiger charge is -2.09. The largest absolute Gasteiger partial charge is 0.469 e. The first-order valence-corrected chi connectivity index (χ1v) is 7.47. The van der Waals surface area contributed by atoms with E-state index in [1.54, 1.807) is 18.0 Å². The molecule has 2 rings (SSSR count). The van der Waals surface area contributed by atoms with E-state index in [0.29, 0.717) is 12.3 Å². The van der Waals surface area contributed by atoms with Gasteiger partial charge in [-0.1, -0.05) is 20.8 Å². The molecule has 2 aromatic rings. The lowest BCUT2D eigenvalue weighted by molar-refractivity contribution is -0.140. The normalized spacial score (nSPS) is 12.8. The summed E-state index contributed by atoms with van der Waals surface area (Å²) >= 11 is 1.57. The number of rotatable bonds is 5. The second-order valence-corrected chi connectivity index (χ2v) is 6.42. The van der Waals surface area contributed by atoms with E-state index in [1.165, 1.54) is 7.11 Å². The van der Waals surface area contributed by atoms with Crippen LogP contribution in [0.15, 0.2) is 23.5 Å². The predicted octanol–water partition coefficient (Wildman–Crippen LogP) is 2.90. The summed E-state index contributed by atoms with van der Waals surface area (Å²) in [4.78, 5) is 15.7. The molecule has 2 aromatic heterocycles. The van der Waals surface area contributed by atoms with Crippen molar-refractivity contribution in [1.29, 1.82) is 0 Å². The fourth-order valence-electron chi connectivity index (χ4n) is 1.84. The van der Waals surface area contributed by atoms with Crippen molar-refractivity contribution in [3.8, 4) is 0 Å². The van der Waals surface area contributed by atoms with Gasteiger partial charge in [0.15, 0.2) is 0 Å². The minimum Gasteiger partial charge on any atom is -0.469 e. The Morgan fingerprint density at radius 2 is 2.20 bits per heavy atom. The van der Waals surface area contributed by atoms with Gasteiger partial charge in [-0.05, 0) is 12.0 Å². The maximum absolute atomic E-state index is 11.3. The highest BCUT2D eigenvalue weighted by Gasteiger charge is 2.15. The van der Waals surface area contributed by atoms with Crippen molar-refractivity contribution in [3.05, 3.63) is 24.2 Å². The molecule has 0 bridgehead atoms. The van der Waals surface area contributed by atoms with Gasteiger partial charge in [-0.15, -0.1) is 11.8 Å². The van der Waals surface area contributed by atoms with Crippen LogP contribution in [-0.4, -0.2) is 32.9 Å². The number of nitrogens with zero attached hydrogens (tertiary/aromatic N) is 3. The van der Waals surface area contributed by atoms with Crippen molar-refractivity contribution in [3.63, 3.8) is 0 Å². The molecule has 0 saturated heterocycles. The van der Waals surface area contributed by atoms with Crippen LogP contribution in [0.1, 0.15) is 38.8 Å². The van der Waals surface area contributed by atoms with Gasteiger partial charge in [0.2, 0.25) is 0 Å². The van der Waals surface area contributed by atoms with Gasteiger partial charge < -0.3 is 4.74 Å². The molecule has 1 unspecified atom stereocenters. The van der Waals surface area contributed by atoms with E-state index in [2.05, 4.69) is 30.0 Å². The van der Waals surface area contributed by atoms with E-state index in [-0.39, 0.29) is 11.2 Å². The Kier molecular flexibility index (Phi) is 4.65. The van der Waals surface area contributed by atoms with Crippen LogP contribution in [0.3, 0.4) is 0 Å². The van der Waals surface area contributed by atoms with E-state index in [4.69, 9.17) is 4.74 Å². The smallest absolute Gasteiger partial charge is 0.306 e. The highest BCUT2D eigenvalue weighted by molar-refractivity contribution is 8.00. The molecule has 0 aliphatic carbocycles. The van der Waals surface area contributed by atoms with E-state index in [0.717, 1.165) is 16.2 Å². The third-order valence-electron chi connectivity index (χ3n) is 2.96. The van der Waals surface area contributed by atoms with Crippen molar-refractivity contribution in [1.82, 2.24) is 14.6 Å². The molecule has 0 aliphatic rings. The average molecular weight is 293 g/mol. The van der Waals surface area contributed by atoms with Gasteiger partial charge in [0.1, 0.15) is 5.03 Å². The molecule has 0 saturated carbocycles. The Morgan fingerprint density at radius 3 is 2.85 bits per heavy atom. The lowest BCUT2D eigenvalue weighted by Crippen LogP contribution is -2.08. The molecule has 108 valence electrons. The van der Waals surface area contributed by atoms with Gasteiger partial charge in [-0.2, -0.15) is 5.10 Å². The lowest BCUT2D eigenvalue weighted by atomic mass is 10.1. The molecular weight excluding hydrogens is 274 g/mol. The fraction of sp³-hybridized carbons (Fsp3) is 0.500. The van der Waals surface area contributed by atoms with Gasteiger partial charge >= 0.3 is 5.97 Å². The summed E-state index contributed by atoms with van der Waals surface area (Å²) in [5, 5.41) is 5.53. The van der Waals surface area contributed by atoms with Gasteiger partial charge in [-0.3, -0.25) is 4.79 Å². The molecule has 5 nitrogen and oxygen atoms in total. The minimum absolute atomic E-state index is 0.110. The third-order valence-corrected chi connectivity index (χ3v) is 4.07. The van der Waals surface area contributed by atoms with Crippen molar-refractivity contribution < 1.29 is 9.53 Å². The van der Waals surface area contributed by atoms with Gasteiger partial charge in [0.05, 0.1) is 24.7 Å². The zero-order valence-electron chi connectivity index (χ0n) is 12.2. The number of methoxy groups -OCH3 is 1. The van der Waals surface area contributed by atoms with Gasteiger partial charge in [-0.25, -0.2) is 9.50 Å². The van der Waals surface area contributed by atoms with Crippen molar-refractivity contribution >= 4 is 23.2 Å². The fourth-order valence-corrected chi connectivity index (χ4v) is 2.84. The Morgan fingerprint density at radius 1 is 1.45 bits per heavy atom. The standard InChI is InChI=1S/C14H19N3O2S/c1-9(2)11-8-12-14(15-5-6-17(12)16-11)20-10(3)7-13(18)19-4/h5-6,8-10H,7H2,1-4H3. The highest BCUT2D eigenvalue weighted by atomic mass is 32.2. The first-order valence-electron chi connectivity index (χ1n) is 6.59. The molecule has 0 spiro atoms. The molecule has 0 amide bonds. The van der Waals surface area contributed by atoms with Gasteiger partial charge in [0.25, 0.3) is 0 Å². The minimum atomic E-state index is -0.201. The van der Waals surface area contributed by atoms with E-state index < -0.39 is 0 Å². The number of fused-ring (bicyclic) bond motifs is 1. The van der Waals surface area contributed by atoms with Crippen LogP contribution in [0, 0.1) is 0 Å². The van der Waals surface area contributed by atoms with Crippen LogP contribution in [0.25, 0.3) is 5.52 Å². The SMILES string of the molecule is COC(=O)CC(C)Sc1nccn2nc(C(C)C)cc12. The molecule has 6 heteroatoms. The molecule has 0 N–H and O–H groups in total. The molecule has 0 aromatic carbocycles. The zero-order valence-corrected chi connectivity index (χ0v) is 13.0. The van der Waals surface area contributed by atoms with Crippen molar-refractivity contribution in [2.45, 2.75) is 43.4 Å².